The van der Waals surface area contributed by atoms with Crippen LogP contribution in [-0.4, -0.2) is 35.9 Å². The summed E-state index contributed by atoms with van der Waals surface area (Å²) in [5.41, 5.74) is 5.41. The Balaban J connectivity index is 3.40. The summed E-state index contributed by atoms with van der Waals surface area (Å²) in [5.74, 6) is -0.772. The van der Waals surface area contributed by atoms with Gasteiger partial charge in [-0.1, -0.05) is 43.5 Å². The Hall–Kier alpha value is -2.05. The van der Waals surface area contributed by atoms with E-state index < -0.39 is 11.8 Å². The van der Waals surface area contributed by atoms with Crippen LogP contribution in [-0.2, 0) is 9.59 Å². The number of carbonyl (C=O) groups excluding carboxylic acids is 2. The van der Waals surface area contributed by atoms with E-state index in [-0.39, 0.29) is 0 Å². The lowest BCUT2D eigenvalue weighted by atomic mass is 10.1. The lowest BCUT2D eigenvalue weighted by molar-refractivity contribution is -0.139. The van der Waals surface area contributed by atoms with Crippen molar-refractivity contribution in [2.45, 2.75) is 77.6 Å². The van der Waals surface area contributed by atoms with Gasteiger partial charge in [0.15, 0.2) is 0 Å². The van der Waals surface area contributed by atoms with Crippen molar-refractivity contribution in [2.75, 3.05) is 13.1 Å². The van der Waals surface area contributed by atoms with E-state index in [1.165, 1.54) is 0 Å². The van der Waals surface area contributed by atoms with E-state index in [1.807, 2.05) is 6.92 Å². The molecule has 0 aliphatic carbocycles. The van der Waals surface area contributed by atoms with Crippen LogP contribution in [0.25, 0.3) is 0 Å². The summed E-state index contributed by atoms with van der Waals surface area (Å²) in [4.78, 5) is 23.0. The lowest BCUT2D eigenvalue weighted by Crippen LogP contribution is -2.40. The predicted molar refractivity (Wildman–Crippen MR) is 105 cm³/mol. The van der Waals surface area contributed by atoms with Crippen LogP contribution in [0.3, 0.4) is 0 Å². The van der Waals surface area contributed by atoms with Crippen molar-refractivity contribution >= 4 is 17.6 Å². The van der Waals surface area contributed by atoms with E-state index in [0.717, 1.165) is 64.2 Å². The minimum atomic E-state index is -0.538. The van der Waals surface area contributed by atoms with E-state index in [4.69, 9.17) is 10.9 Å². The SMILES string of the molecule is CCCCNC(=O)C(=O)NCCCC/C=C\CCCCCC/C(N)=N/O. The normalized spacial score (nSPS) is 11.7. The minimum absolute atomic E-state index is 0.304. The van der Waals surface area contributed by atoms with Crippen LogP contribution in [0.2, 0.25) is 0 Å². The zero-order valence-corrected chi connectivity index (χ0v) is 16.1. The van der Waals surface area contributed by atoms with Crippen LogP contribution in [0, 0.1) is 0 Å². The molecule has 2 amide bonds. The van der Waals surface area contributed by atoms with Gasteiger partial charge in [-0.15, -0.1) is 0 Å². The van der Waals surface area contributed by atoms with E-state index in [0.29, 0.717) is 25.3 Å². The Morgan fingerprint density at radius 2 is 1.42 bits per heavy atom. The number of carbonyl (C=O) groups is 2. The molecule has 0 aliphatic rings. The van der Waals surface area contributed by atoms with Gasteiger partial charge < -0.3 is 21.6 Å². The van der Waals surface area contributed by atoms with Crippen LogP contribution in [0.15, 0.2) is 17.3 Å². The third-order valence-electron chi connectivity index (χ3n) is 3.95. The molecule has 0 fully saturated rings. The highest BCUT2D eigenvalue weighted by Crippen LogP contribution is 2.06. The van der Waals surface area contributed by atoms with Gasteiger partial charge in [0.05, 0.1) is 0 Å². The van der Waals surface area contributed by atoms with Crippen LogP contribution >= 0.6 is 0 Å². The zero-order valence-electron chi connectivity index (χ0n) is 16.1. The van der Waals surface area contributed by atoms with Gasteiger partial charge in [0.25, 0.3) is 0 Å². The van der Waals surface area contributed by atoms with Crippen molar-refractivity contribution in [3.8, 4) is 0 Å². The first-order chi connectivity index (χ1) is 12.6. The first-order valence-electron chi connectivity index (χ1n) is 9.79. The standard InChI is InChI=1S/C19H36N4O3/c1-2-3-15-21-18(24)19(25)22-16-13-11-9-7-5-4-6-8-10-12-14-17(20)23-26/h5,7,26H,2-4,6,8-16H2,1H3,(H2,20,23)(H,21,24)(H,22,25)/b7-5-. The summed E-state index contributed by atoms with van der Waals surface area (Å²) < 4.78 is 0. The third kappa shape index (κ3) is 15.5. The molecule has 0 spiro atoms. The summed E-state index contributed by atoms with van der Waals surface area (Å²) in [6.07, 6.45) is 15.2. The maximum atomic E-state index is 11.5. The molecule has 0 rings (SSSR count). The van der Waals surface area contributed by atoms with Gasteiger partial charge in [0.1, 0.15) is 5.84 Å². The van der Waals surface area contributed by atoms with Gasteiger partial charge in [-0.25, -0.2) is 0 Å². The molecular weight excluding hydrogens is 332 g/mol. The topological polar surface area (TPSA) is 117 Å². The van der Waals surface area contributed by atoms with Crippen molar-refractivity contribution in [1.82, 2.24) is 10.6 Å². The Bertz CT molecular complexity index is 437. The molecule has 0 heterocycles. The van der Waals surface area contributed by atoms with Crippen LogP contribution in [0.1, 0.15) is 77.6 Å². The predicted octanol–water partition coefficient (Wildman–Crippen LogP) is 2.83. The Kier molecular flexibility index (Phi) is 16.4. The molecule has 0 unspecified atom stereocenters. The van der Waals surface area contributed by atoms with E-state index in [2.05, 4.69) is 27.9 Å². The van der Waals surface area contributed by atoms with Crippen molar-refractivity contribution in [3.05, 3.63) is 12.2 Å². The molecule has 7 nitrogen and oxygen atoms in total. The van der Waals surface area contributed by atoms with Gasteiger partial charge in [-0.2, -0.15) is 0 Å². The van der Waals surface area contributed by atoms with Gasteiger partial charge in [-0.05, 0) is 44.9 Å². The fourth-order valence-electron chi connectivity index (χ4n) is 2.34. The first-order valence-corrected chi connectivity index (χ1v) is 9.79. The maximum Gasteiger partial charge on any atom is 0.309 e. The average molecular weight is 369 g/mol. The number of allylic oxidation sites excluding steroid dienone is 2. The van der Waals surface area contributed by atoms with E-state index in [9.17, 15) is 9.59 Å². The quantitative estimate of drug-likeness (QED) is 0.0676. The molecular formula is C19H36N4O3. The average Bonchev–Trinajstić information content (AvgIpc) is 2.64. The number of amides is 2. The molecule has 150 valence electrons. The van der Waals surface area contributed by atoms with Crippen LogP contribution < -0.4 is 16.4 Å². The van der Waals surface area contributed by atoms with Crippen molar-refractivity contribution in [1.29, 1.82) is 0 Å². The van der Waals surface area contributed by atoms with Crippen molar-refractivity contribution < 1.29 is 14.8 Å². The number of nitrogens with zero attached hydrogens (tertiary/aromatic N) is 1. The summed E-state index contributed by atoms with van der Waals surface area (Å²) in [5, 5.41) is 16.6. The molecule has 7 heteroatoms. The van der Waals surface area contributed by atoms with Crippen molar-refractivity contribution in [3.63, 3.8) is 0 Å². The number of nitrogens with two attached hydrogens (primary N) is 1. The number of rotatable bonds is 15. The molecule has 0 aromatic rings. The molecule has 0 bridgehead atoms. The van der Waals surface area contributed by atoms with Crippen LogP contribution in [0.5, 0.6) is 0 Å². The molecule has 0 aliphatic heterocycles. The second-order valence-corrected chi connectivity index (χ2v) is 6.38. The molecule has 0 atom stereocenters. The third-order valence-corrected chi connectivity index (χ3v) is 3.95. The number of unbranched alkanes of at least 4 members (excludes halogenated alkanes) is 7. The van der Waals surface area contributed by atoms with Gasteiger partial charge in [-0.3, -0.25) is 9.59 Å². The van der Waals surface area contributed by atoms with Gasteiger partial charge in [0, 0.05) is 19.5 Å². The number of nitrogens with one attached hydrogen (secondary N) is 2. The Labute approximate surface area is 157 Å². The molecule has 0 radical (unpaired) electrons. The number of hydrogen-bond acceptors (Lipinski definition) is 4. The molecule has 0 aromatic heterocycles. The smallest absolute Gasteiger partial charge is 0.309 e. The number of hydrogen-bond donors (Lipinski definition) is 4. The summed E-state index contributed by atoms with van der Waals surface area (Å²) >= 11 is 0. The fourth-order valence-corrected chi connectivity index (χ4v) is 2.34. The first kappa shape index (κ1) is 23.9. The Morgan fingerprint density at radius 1 is 0.885 bits per heavy atom. The summed E-state index contributed by atoms with van der Waals surface area (Å²) in [7, 11) is 0. The molecule has 0 saturated carbocycles. The zero-order chi connectivity index (χ0) is 19.5. The van der Waals surface area contributed by atoms with Crippen molar-refractivity contribution in [2.24, 2.45) is 10.9 Å². The summed E-state index contributed by atoms with van der Waals surface area (Å²) in [6, 6.07) is 0. The molecule has 5 N–H and O–H groups in total. The second kappa shape index (κ2) is 17.8. The van der Waals surface area contributed by atoms with Crippen LogP contribution in [0.4, 0.5) is 0 Å². The lowest BCUT2D eigenvalue weighted by Gasteiger charge is -2.05. The number of amidine groups is 1. The van der Waals surface area contributed by atoms with Gasteiger partial charge >= 0.3 is 11.8 Å². The largest absolute Gasteiger partial charge is 0.409 e. The fraction of sp³-hybridized carbons (Fsp3) is 0.737. The maximum absolute atomic E-state index is 11.5. The highest BCUT2D eigenvalue weighted by molar-refractivity contribution is 6.35. The highest BCUT2D eigenvalue weighted by Gasteiger charge is 2.10. The summed E-state index contributed by atoms with van der Waals surface area (Å²) in [6.45, 7) is 3.13. The minimum Gasteiger partial charge on any atom is -0.409 e. The van der Waals surface area contributed by atoms with E-state index in [1.54, 1.807) is 0 Å². The molecule has 26 heavy (non-hydrogen) atoms. The second-order valence-electron chi connectivity index (χ2n) is 6.38. The van der Waals surface area contributed by atoms with E-state index >= 15 is 0 Å². The Morgan fingerprint density at radius 3 is 2.00 bits per heavy atom. The van der Waals surface area contributed by atoms with Gasteiger partial charge in [0.2, 0.25) is 0 Å². The number of oxime groups is 1. The highest BCUT2D eigenvalue weighted by atomic mass is 16.4. The molecule has 0 saturated heterocycles. The molecule has 0 aromatic carbocycles. The monoisotopic (exact) mass is 368 g/mol.